The number of aryl methyl sites for hydroxylation is 1. The van der Waals surface area contributed by atoms with Crippen molar-refractivity contribution < 1.29 is 4.79 Å². The van der Waals surface area contributed by atoms with Crippen LogP contribution in [0.2, 0.25) is 0 Å². The van der Waals surface area contributed by atoms with E-state index in [0.717, 1.165) is 16.7 Å². The van der Waals surface area contributed by atoms with Crippen molar-refractivity contribution in [2.75, 3.05) is 0 Å². The van der Waals surface area contributed by atoms with Gasteiger partial charge in [-0.1, -0.05) is 18.2 Å². The predicted molar refractivity (Wildman–Crippen MR) is 51.7 cm³/mol. The second-order valence-corrected chi connectivity index (χ2v) is 4.08. The molecule has 0 spiro atoms. The Kier molecular flexibility index (Phi) is 1.50. The van der Waals surface area contributed by atoms with Crippen LogP contribution in [0.25, 0.3) is 0 Å². The number of nitrogens with one attached hydrogen (secondary N) is 1. The summed E-state index contributed by atoms with van der Waals surface area (Å²) in [5.41, 5.74) is 2.81. The number of carbonyl (C=O) groups excluding carboxylic acids is 1. The Bertz CT molecular complexity index is 380. The molecule has 1 aliphatic rings. The van der Waals surface area contributed by atoms with Crippen LogP contribution in [-0.2, 0) is 5.54 Å². The van der Waals surface area contributed by atoms with Crippen LogP contribution in [0.15, 0.2) is 18.2 Å². The van der Waals surface area contributed by atoms with Gasteiger partial charge in [-0.3, -0.25) is 4.79 Å². The molecule has 2 rings (SSSR count). The van der Waals surface area contributed by atoms with Gasteiger partial charge in [-0.25, -0.2) is 0 Å². The van der Waals surface area contributed by atoms with Crippen molar-refractivity contribution in [1.82, 2.24) is 5.32 Å². The Morgan fingerprint density at radius 3 is 2.62 bits per heavy atom. The first-order valence-electron chi connectivity index (χ1n) is 4.45. The van der Waals surface area contributed by atoms with Gasteiger partial charge in [0, 0.05) is 5.56 Å². The highest BCUT2D eigenvalue weighted by molar-refractivity contribution is 6.01. The van der Waals surface area contributed by atoms with Crippen LogP contribution in [0.3, 0.4) is 0 Å². The van der Waals surface area contributed by atoms with E-state index in [-0.39, 0.29) is 11.4 Å². The zero-order chi connectivity index (χ0) is 9.64. The molecule has 0 unspecified atom stereocenters. The zero-order valence-corrected chi connectivity index (χ0v) is 8.14. The van der Waals surface area contributed by atoms with Crippen LogP contribution in [0.1, 0.15) is 35.3 Å². The molecule has 1 heterocycles. The van der Waals surface area contributed by atoms with Gasteiger partial charge in [0.05, 0.1) is 5.54 Å². The Hall–Kier alpha value is -1.31. The Morgan fingerprint density at radius 2 is 2.00 bits per heavy atom. The van der Waals surface area contributed by atoms with Crippen molar-refractivity contribution in [3.63, 3.8) is 0 Å². The molecule has 0 atom stereocenters. The van der Waals surface area contributed by atoms with E-state index in [1.54, 1.807) is 0 Å². The van der Waals surface area contributed by atoms with Crippen molar-refractivity contribution >= 4 is 5.91 Å². The summed E-state index contributed by atoms with van der Waals surface area (Å²) in [7, 11) is 0. The fourth-order valence-electron chi connectivity index (χ4n) is 1.90. The quantitative estimate of drug-likeness (QED) is 0.641. The molecule has 0 bridgehead atoms. The van der Waals surface area contributed by atoms with Gasteiger partial charge in [0.15, 0.2) is 0 Å². The van der Waals surface area contributed by atoms with E-state index in [2.05, 4.69) is 5.32 Å². The number of amides is 1. The highest BCUT2D eigenvalue weighted by Crippen LogP contribution is 2.31. The first-order valence-corrected chi connectivity index (χ1v) is 4.45. The van der Waals surface area contributed by atoms with E-state index in [1.807, 2.05) is 39.0 Å². The minimum absolute atomic E-state index is 0.0538. The molecule has 0 saturated heterocycles. The minimum Gasteiger partial charge on any atom is -0.343 e. The van der Waals surface area contributed by atoms with Crippen LogP contribution in [-0.4, -0.2) is 5.91 Å². The van der Waals surface area contributed by atoms with Crippen LogP contribution in [0, 0.1) is 6.92 Å². The summed E-state index contributed by atoms with van der Waals surface area (Å²) in [4.78, 5) is 11.6. The van der Waals surface area contributed by atoms with Crippen LogP contribution in [0.4, 0.5) is 0 Å². The standard InChI is InChI=1S/C11H13NO/c1-7-5-4-6-8-9(7)10(13)12-11(8,2)3/h4-6H,1-3H3,(H,12,13). The lowest BCUT2D eigenvalue weighted by Gasteiger charge is -2.18. The topological polar surface area (TPSA) is 29.1 Å². The molecular weight excluding hydrogens is 162 g/mol. The third kappa shape index (κ3) is 1.05. The molecular formula is C11H13NO. The summed E-state index contributed by atoms with van der Waals surface area (Å²) >= 11 is 0. The molecule has 1 N–H and O–H groups in total. The second-order valence-electron chi connectivity index (χ2n) is 4.08. The molecule has 1 aromatic rings. The summed E-state index contributed by atoms with van der Waals surface area (Å²) in [5, 5.41) is 2.96. The summed E-state index contributed by atoms with van der Waals surface area (Å²) in [5.74, 6) is 0.0538. The van der Waals surface area contributed by atoms with Crippen molar-refractivity contribution in [3.05, 3.63) is 34.9 Å². The first kappa shape index (κ1) is 8.30. The van der Waals surface area contributed by atoms with Crippen molar-refractivity contribution in [1.29, 1.82) is 0 Å². The minimum atomic E-state index is -0.210. The fraction of sp³-hybridized carbons (Fsp3) is 0.364. The zero-order valence-electron chi connectivity index (χ0n) is 8.14. The monoisotopic (exact) mass is 175 g/mol. The van der Waals surface area contributed by atoms with E-state index in [1.165, 1.54) is 0 Å². The maximum Gasteiger partial charge on any atom is 0.252 e. The fourth-order valence-corrected chi connectivity index (χ4v) is 1.90. The summed E-state index contributed by atoms with van der Waals surface area (Å²) in [6, 6.07) is 5.98. The SMILES string of the molecule is Cc1cccc2c1C(=O)NC2(C)C. The number of hydrogen-bond donors (Lipinski definition) is 1. The van der Waals surface area contributed by atoms with Crippen molar-refractivity contribution in [3.8, 4) is 0 Å². The highest BCUT2D eigenvalue weighted by Gasteiger charge is 2.35. The summed E-state index contributed by atoms with van der Waals surface area (Å²) in [6.07, 6.45) is 0. The van der Waals surface area contributed by atoms with Crippen LogP contribution in [0.5, 0.6) is 0 Å². The van der Waals surface area contributed by atoms with Crippen molar-refractivity contribution in [2.24, 2.45) is 0 Å². The highest BCUT2D eigenvalue weighted by atomic mass is 16.2. The molecule has 13 heavy (non-hydrogen) atoms. The average Bonchev–Trinajstić information content (AvgIpc) is 2.24. The van der Waals surface area contributed by atoms with Crippen molar-refractivity contribution in [2.45, 2.75) is 26.3 Å². The smallest absolute Gasteiger partial charge is 0.252 e. The normalized spacial score (nSPS) is 18.2. The van der Waals surface area contributed by atoms with E-state index in [0.29, 0.717) is 0 Å². The third-order valence-electron chi connectivity index (χ3n) is 2.60. The van der Waals surface area contributed by atoms with Crippen LogP contribution >= 0.6 is 0 Å². The van der Waals surface area contributed by atoms with Gasteiger partial charge >= 0.3 is 0 Å². The molecule has 0 saturated carbocycles. The molecule has 0 radical (unpaired) electrons. The molecule has 1 aliphatic heterocycles. The molecule has 0 aliphatic carbocycles. The van der Waals surface area contributed by atoms with E-state index in [4.69, 9.17) is 0 Å². The Balaban J connectivity index is 2.72. The molecule has 0 aromatic heterocycles. The maximum atomic E-state index is 11.6. The second kappa shape index (κ2) is 2.34. The van der Waals surface area contributed by atoms with Gasteiger partial charge < -0.3 is 5.32 Å². The van der Waals surface area contributed by atoms with Gasteiger partial charge in [0.25, 0.3) is 5.91 Å². The maximum absolute atomic E-state index is 11.6. The largest absolute Gasteiger partial charge is 0.343 e. The average molecular weight is 175 g/mol. The molecule has 2 heteroatoms. The van der Waals surface area contributed by atoms with Gasteiger partial charge in [0.2, 0.25) is 0 Å². The van der Waals surface area contributed by atoms with Gasteiger partial charge in [-0.2, -0.15) is 0 Å². The van der Waals surface area contributed by atoms with E-state index in [9.17, 15) is 4.79 Å². The number of benzene rings is 1. The van der Waals surface area contributed by atoms with Gasteiger partial charge in [-0.15, -0.1) is 0 Å². The summed E-state index contributed by atoms with van der Waals surface area (Å²) < 4.78 is 0. The first-order chi connectivity index (χ1) is 6.02. The lowest BCUT2D eigenvalue weighted by Crippen LogP contribution is -2.32. The molecule has 1 aromatic carbocycles. The Labute approximate surface area is 78.0 Å². The Morgan fingerprint density at radius 1 is 1.31 bits per heavy atom. The molecule has 1 amide bonds. The third-order valence-corrected chi connectivity index (χ3v) is 2.60. The number of fused-ring (bicyclic) bond motifs is 1. The van der Waals surface area contributed by atoms with Gasteiger partial charge in [-0.05, 0) is 31.9 Å². The molecule has 2 nitrogen and oxygen atoms in total. The lowest BCUT2D eigenvalue weighted by molar-refractivity contribution is 0.0940. The number of rotatable bonds is 0. The van der Waals surface area contributed by atoms with Gasteiger partial charge in [0.1, 0.15) is 0 Å². The van der Waals surface area contributed by atoms with E-state index < -0.39 is 0 Å². The molecule has 0 fully saturated rings. The predicted octanol–water partition coefficient (Wildman–Crippen LogP) is 1.97. The molecule has 68 valence electrons. The van der Waals surface area contributed by atoms with E-state index >= 15 is 0 Å². The summed E-state index contributed by atoms with van der Waals surface area (Å²) in [6.45, 7) is 6.02. The lowest BCUT2D eigenvalue weighted by atomic mass is 9.93. The number of carbonyl (C=O) groups is 1. The number of hydrogen-bond acceptors (Lipinski definition) is 1. The van der Waals surface area contributed by atoms with Crippen LogP contribution < -0.4 is 5.32 Å².